The Bertz CT molecular complexity index is 487. The van der Waals surface area contributed by atoms with Gasteiger partial charge < -0.3 is 14.2 Å². The Hall–Kier alpha value is -2.05. The van der Waals surface area contributed by atoms with Gasteiger partial charge in [0, 0.05) is 0 Å². The van der Waals surface area contributed by atoms with Gasteiger partial charge in [0.2, 0.25) is 5.88 Å². The molecule has 1 aromatic rings. The van der Waals surface area contributed by atoms with Crippen LogP contribution in [0.1, 0.15) is 44.5 Å². The number of rotatable bonds is 4. The summed E-state index contributed by atoms with van der Waals surface area (Å²) in [5.41, 5.74) is -0.564. The van der Waals surface area contributed by atoms with Gasteiger partial charge in [0.1, 0.15) is 11.2 Å². The van der Waals surface area contributed by atoms with Crippen LogP contribution in [0.3, 0.4) is 0 Å². The van der Waals surface area contributed by atoms with Crippen LogP contribution in [0.4, 0.5) is 4.79 Å². The number of carbonyl (C=O) groups excluding carboxylic acids is 2. The molecule has 112 valence electrons. The molecule has 0 aliphatic carbocycles. The minimum absolute atomic E-state index is 0.0250. The van der Waals surface area contributed by atoms with E-state index in [-0.39, 0.29) is 11.4 Å². The Balaban J connectivity index is 2.94. The number of ether oxygens (including phenoxy) is 3. The Labute approximate surface area is 117 Å². The number of esters is 1. The van der Waals surface area contributed by atoms with E-state index in [0.29, 0.717) is 13.0 Å². The molecule has 7 heteroatoms. The largest absolute Gasteiger partial charge is 0.479 e. The Morgan fingerprint density at radius 1 is 1.35 bits per heavy atom. The first-order valence-electron chi connectivity index (χ1n) is 6.32. The fourth-order valence-corrected chi connectivity index (χ4v) is 1.32. The van der Waals surface area contributed by atoms with E-state index in [9.17, 15) is 9.59 Å². The monoisotopic (exact) mass is 284 g/mol. The molecule has 20 heavy (non-hydrogen) atoms. The normalized spacial score (nSPS) is 11.1. The fourth-order valence-electron chi connectivity index (χ4n) is 1.32. The van der Waals surface area contributed by atoms with Gasteiger partial charge in [-0.1, -0.05) is 6.92 Å². The van der Waals surface area contributed by atoms with Crippen molar-refractivity contribution in [3.63, 3.8) is 0 Å². The molecular formula is C13H20N2O5. The van der Waals surface area contributed by atoms with Crippen molar-refractivity contribution in [2.45, 2.75) is 39.7 Å². The van der Waals surface area contributed by atoms with Crippen LogP contribution in [0, 0.1) is 0 Å². The molecule has 1 heterocycles. The first kappa shape index (κ1) is 16.0. The lowest BCUT2D eigenvalue weighted by Gasteiger charge is -2.18. The molecule has 0 amide bonds. The summed E-state index contributed by atoms with van der Waals surface area (Å²) in [4.78, 5) is 23.6. The van der Waals surface area contributed by atoms with Crippen molar-refractivity contribution in [2.75, 3.05) is 13.7 Å². The molecule has 0 spiro atoms. The van der Waals surface area contributed by atoms with E-state index in [1.165, 1.54) is 13.3 Å². The van der Waals surface area contributed by atoms with Gasteiger partial charge in [-0.2, -0.15) is 4.68 Å². The predicted octanol–water partition coefficient (Wildman–Crippen LogP) is 2.24. The van der Waals surface area contributed by atoms with Crippen molar-refractivity contribution < 1.29 is 23.8 Å². The smallest absolute Gasteiger partial charge is 0.435 e. The molecule has 0 aromatic carbocycles. The molecule has 1 rings (SSSR count). The molecule has 0 radical (unpaired) electrons. The molecule has 0 aliphatic rings. The summed E-state index contributed by atoms with van der Waals surface area (Å²) >= 11 is 0. The minimum Gasteiger partial charge on any atom is -0.479 e. The number of carbonyl (C=O) groups is 2. The van der Waals surface area contributed by atoms with Crippen molar-refractivity contribution in [3.05, 3.63) is 11.8 Å². The predicted molar refractivity (Wildman–Crippen MR) is 71.0 cm³/mol. The average molecular weight is 284 g/mol. The maximum Gasteiger partial charge on any atom is 0.435 e. The lowest BCUT2D eigenvalue weighted by atomic mass is 10.2. The fraction of sp³-hybridized carbons (Fsp3) is 0.615. The minimum atomic E-state index is -0.689. The van der Waals surface area contributed by atoms with E-state index in [0.717, 1.165) is 4.68 Å². The zero-order valence-electron chi connectivity index (χ0n) is 12.4. The summed E-state index contributed by atoms with van der Waals surface area (Å²) in [5, 5.41) is 3.86. The summed E-state index contributed by atoms with van der Waals surface area (Å²) in [6.07, 6.45) is 1.25. The van der Waals surface area contributed by atoms with E-state index in [1.807, 2.05) is 6.92 Å². The summed E-state index contributed by atoms with van der Waals surface area (Å²) in [6.45, 7) is 7.39. The third-order valence-electron chi connectivity index (χ3n) is 2.11. The van der Waals surface area contributed by atoms with Gasteiger partial charge >= 0.3 is 12.1 Å². The van der Waals surface area contributed by atoms with Crippen molar-refractivity contribution >= 4 is 12.1 Å². The van der Waals surface area contributed by atoms with Crippen LogP contribution in [-0.4, -0.2) is 41.2 Å². The number of aromatic nitrogens is 2. The third kappa shape index (κ3) is 4.25. The first-order chi connectivity index (χ1) is 9.28. The van der Waals surface area contributed by atoms with Crippen LogP contribution in [0.5, 0.6) is 5.88 Å². The van der Waals surface area contributed by atoms with Gasteiger partial charge in [-0.25, -0.2) is 9.59 Å². The molecule has 0 fully saturated rings. The van der Waals surface area contributed by atoms with Crippen LogP contribution in [0.25, 0.3) is 0 Å². The maximum atomic E-state index is 11.8. The van der Waals surface area contributed by atoms with Crippen molar-refractivity contribution in [3.8, 4) is 5.88 Å². The number of methoxy groups -OCH3 is 1. The number of hydrogen-bond donors (Lipinski definition) is 0. The summed E-state index contributed by atoms with van der Waals surface area (Å²) < 4.78 is 16.0. The van der Waals surface area contributed by atoms with E-state index in [4.69, 9.17) is 14.2 Å². The zero-order valence-corrected chi connectivity index (χ0v) is 12.4. The van der Waals surface area contributed by atoms with E-state index in [1.54, 1.807) is 20.8 Å². The first-order valence-corrected chi connectivity index (χ1v) is 6.32. The third-order valence-corrected chi connectivity index (χ3v) is 2.11. The summed E-state index contributed by atoms with van der Waals surface area (Å²) in [7, 11) is 1.36. The van der Waals surface area contributed by atoms with Crippen LogP contribution in [-0.2, 0) is 9.47 Å². The van der Waals surface area contributed by atoms with Crippen LogP contribution < -0.4 is 4.74 Å². The van der Waals surface area contributed by atoms with Gasteiger partial charge in [-0.3, -0.25) is 0 Å². The van der Waals surface area contributed by atoms with E-state index >= 15 is 0 Å². The van der Waals surface area contributed by atoms with Crippen molar-refractivity contribution in [1.82, 2.24) is 9.78 Å². The van der Waals surface area contributed by atoms with E-state index in [2.05, 4.69) is 5.10 Å². The molecular weight excluding hydrogens is 264 g/mol. The molecule has 0 saturated heterocycles. The maximum absolute atomic E-state index is 11.8. The molecule has 7 nitrogen and oxygen atoms in total. The topological polar surface area (TPSA) is 79.7 Å². The van der Waals surface area contributed by atoms with Crippen molar-refractivity contribution in [1.29, 1.82) is 0 Å². The quantitative estimate of drug-likeness (QED) is 0.789. The highest BCUT2D eigenvalue weighted by Gasteiger charge is 2.24. The van der Waals surface area contributed by atoms with Gasteiger partial charge in [-0.05, 0) is 27.2 Å². The Morgan fingerprint density at radius 3 is 2.50 bits per heavy atom. The lowest BCUT2D eigenvalue weighted by Crippen LogP contribution is -2.27. The molecule has 0 aliphatic heterocycles. The number of nitrogens with zero attached hydrogens (tertiary/aromatic N) is 2. The summed E-state index contributed by atoms with van der Waals surface area (Å²) in [6, 6.07) is 0. The molecule has 0 atom stereocenters. The highest BCUT2D eigenvalue weighted by atomic mass is 16.6. The molecule has 0 saturated carbocycles. The highest BCUT2D eigenvalue weighted by molar-refractivity contribution is 5.92. The standard InChI is InChI=1S/C13H20N2O5/c1-6-7-19-11(16)9-8-15(14-10(9)18-5)12(17)20-13(2,3)4/h8H,6-7H2,1-5H3. The second-order valence-electron chi connectivity index (χ2n) is 5.11. The molecule has 0 N–H and O–H groups in total. The van der Waals surface area contributed by atoms with E-state index < -0.39 is 17.7 Å². The highest BCUT2D eigenvalue weighted by Crippen LogP contribution is 2.18. The zero-order chi connectivity index (χ0) is 15.3. The second-order valence-corrected chi connectivity index (χ2v) is 5.11. The van der Waals surface area contributed by atoms with Gasteiger partial charge in [0.15, 0.2) is 0 Å². The Morgan fingerprint density at radius 2 is 2.00 bits per heavy atom. The average Bonchev–Trinajstić information content (AvgIpc) is 2.78. The van der Waals surface area contributed by atoms with Gasteiger partial charge in [0.05, 0.1) is 19.9 Å². The van der Waals surface area contributed by atoms with Crippen LogP contribution in [0.15, 0.2) is 6.20 Å². The lowest BCUT2D eigenvalue weighted by molar-refractivity contribution is 0.0501. The molecule has 0 unspecified atom stereocenters. The van der Waals surface area contributed by atoms with Gasteiger partial charge in [0.25, 0.3) is 0 Å². The molecule has 0 bridgehead atoms. The second kappa shape index (κ2) is 6.40. The Kier molecular flexibility index (Phi) is 5.12. The SMILES string of the molecule is CCCOC(=O)c1cn(C(=O)OC(C)(C)C)nc1OC. The summed E-state index contributed by atoms with van der Waals surface area (Å²) in [5.74, 6) is -0.560. The molecule has 1 aromatic heterocycles. The number of hydrogen-bond acceptors (Lipinski definition) is 6. The van der Waals surface area contributed by atoms with Gasteiger partial charge in [-0.15, -0.1) is 5.10 Å². The van der Waals surface area contributed by atoms with Crippen LogP contribution >= 0.6 is 0 Å². The van der Waals surface area contributed by atoms with Crippen molar-refractivity contribution in [2.24, 2.45) is 0 Å². The van der Waals surface area contributed by atoms with Crippen LogP contribution in [0.2, 0.25) is 0 Å².